The van der Waals surface area contributed by atoms with E-state index in [0.29, 0.717) is 5.75 Å². The Hall–Kier alpha value is -2.41. The average molecular weight is 345 g/mol. The maximum atomic E-state index is 12.7. The summed E-state index contributed by atoms with van der Waals surface area (Å²) in [6.45, 7) is 0. The Labute approximate surface area is 135 Å². The van der Waals surface area contributed by atoms with Crippen LogP contribution in [0.1, 0.15) is 15.9 Å². The van der Waals surface area contributed by atoms with E-state index >= 15 is 0 Å². The van der Waals surface area contributed by atoms with Gasteiger partial charge in [-0.1, -0.05) is 17.7 Å². The third-order valence-corrected chi connectivity index (χ3v) is 3.32. The van der Waals surface area contributed by atoms with Gasteiger partial charge in [-0.25, -0.2) is 0 Å². The van der Waals surface area contributed by atoms with E-state index in [-0.39, 0.29) is 22.0 Å². The summed E-state index contributed by atoms with van der Waals surface area (Å²) in [5.74, 6) is -0.380. The Morgan fingerprint density at radius 1 is 1.26 bits per heavy atom. The monoisotopic (exact) mass is 344 g/mol. The Bertz CT molecular complexity index is 748. The van der Waals surface area contributed by atoms with E-state index in [9.17, 15) is 18.0 Å². The zero-order valence-electron chi connectivity index (χ0n) is 11.9. The second kappa shape index (κ2) is 6.37. The average Bonchev–Trinajstić information content (AvgIpc) is 2.48. The van der Waals surface area contributed by atoms with Gasteiger partial charge in [0.1, 0.15) is 5.75 Å². The number of amides is 1. The van der Waals surface area contributed by atoms with Gasteiger partial charge in [0.15, 0.2) is 0 Å². The van der Waals surface area contributed by atoms with E-state index < -0.39 is 17.6 Å². The summed E-state index contributed by atoms with van der Waals surface area (Å²) < 4.78 is 43.0. The SMILES string of the molecule is COc1cc(Cl)c(C(=O)Nc2cccc(C(F)(F)F)c2)cc1N. The maximum absolute atomic E-state index is 12.7. The summed E-state index contributed by atoms with van der Waals surface area (Å²) in [4.78, 5) is 12.2. The smallest absolute Gasteiger partial charge is 0.416 e. The summed E-state index contributed by atoms with van der Waals surface area (Å²) in [5, 5.41) is 2.43. The first-order valence-electron chi connectivity index (χ1n) is 6.34. The summed E-state index contributed by atoms with van der Waals surface area (Å²) in [6.07, 6.45) is -4.50. The lowest BCUT2D eigenvalue weighted by Crippen LogP contribution is -2.14. The summed E-state index contributed by atoms with van der Waals surface area (Å²) in [6, 6.07) is 6.94. The largest absolute Gasteiger partial charge is 0.495 e. The molecule has 0 spiro atoms. The number of anilines is 2. The molecule has 3 N–H and O–H groups in total. The van der Waals surface area contributed by atoms with Crippen molar-refractivity contribution in [3.05, 3.63) is 52.5 Å². The van der Waals surface area contributed by atoms with Crippen LogP contribution in [0, 0.1) is 0 Å². The van der Waals surface area contributed by atoms with Crippen molar-refractivity contribution in [2.24, 2.45) is 0 Å². The highest BCUT2D eigenvalue weighted by molar-refractivity contribution is 6.34. The normalized spacial score (nSPS) is 11.2. The fourth-order valence-corrected chi connectivity index (χ4v) is 2.13. The topological polar surface area (TPSA) is 64.3 Å². The second-order valence-corrected chi connectivity index (χ2v) is 5.01. The number of nitrogens with two attached hydrogens (primary N) is 1. The fourth-order valence-electron chi connectivity index (χ4n) is 1.89. The van der Waals surface area contributed by atoms with Crippen molar-refractivity contribution in [1.29, 1.82) is 0 Å². The number of nitrogen functional groups attached to an aromatic ring is 1. The van der Waals surface area contributed by atoms with Crippen molar-refractivity contribution in [2.75, 3.05) is 18.2 Å². The molecule has 0 bridgehead atoms. The number of methoxy groups -OCH3 is 1. The van der Waals surface area contributed by atoms with Crippen LogP contribution in [0.25, 0.3) is 0 Å². The zero-order chi connectivity index (χ0) is 17.2. The van der Waals surface area contributed by atoms with Gasteiger partial charge in [0.2, 0.25) is 0 Å². The molecule has 0 unspecified atom stereocenters. The van der Waals surface area contributed by atoms with Crippen molar-refractivity contribution in [1.82, 2.24) is 0 Å². The lowest BCUT2D eigenvalue weighted by molar-refractivity contribution is -0.137. The van der Waals surface area contributed by atoms with Crippen LogP contribution in [-0.4, -0.2) is 13.0 Å². The first-order chi connectivity index (χ1) is 10.7. The number of carbonyl (C=O) groups is 1. The Morgan fingerprint density at radius 2 is 1.96 bits per heavy atom. The van der Waals surface area contributed by atoms with Crippen LogP contribution in [-0.2, 0) is 6.18 Å². The van der Waals surface area contributed by atoms with Crippen molar-refractivity contribution >= 4 is 28.9 Å². The third kappa shape index (κ3) is 3.87. The minimum atomic E-state index is -4.50. The molecule has 0 aromatic heterocycles. The van der Waals surface area contributed by atoms with Gasteiger partial charge in [-0.15, -0.1) is 0 Å². The number of hydrogen-bond acceptors (Lipinski definition) is 3. The van der Waals surface area contributed by atoms with Crippen LogP contribution in [0.15, 0.2) is 36.4 Å². The molecule has 122 valence electrons. The number of halogens is 4. The molecule has 2 aromatic rings. The standard InChI is InChI=1S/C15H12ClF3N2O2/c1-23-13-7-11(16)10(6-12(13)20)14(22)21-9-4-2-3-8(5-9)15(17,18)19/h2-7H,20H2,1H3,(H,21,22). The van der Waals surface area contributed by atoms with Gasteiger partial charge < -0.3 is 15.8 Å². The van der Waals surface area contributed by atoms with Crippen molar-refractivity contribution in [2.45, 2.75) is 6.18 Å². The molecule has 0 radical (unpaired) electrons. The molecule has 23 heavy (non-hydrogen) atoms. The molecule has 0 saturated heterocycles. The molecule has 0 aliphatic rings. The predicted octanol–water partition coefficient (Wildman–Crippen LogP) is 4.20. The molecule has 8 heteroatoms. The molecule has 4 nitrogen and oxygen atoms in total. The molecule has 0 atom stereocenters. The quantitative estimate of drug-likeness (QED) is 0.820. The molecule has 0 saturated carbocycles. The highest BCUT2D eigenvalue weighted by atomic mass is 35.5. The lowest BCUT2D eigenvalue weighted by Gasteiger charge is -2.12. The van der Waals surface area contributed by atoms with Gasteiger partial charge in [0.05, 0.1) is 28.9 Å². The highest BCUT2D eigenvalue weighted by Crippen LogP contribution is 2.32. The van der Waals surface area contributed by atoms with E-state index in [1.807, 2.05) is 0 Å². The zero-order valence-corrected chi connectivity index (χ0v) is 12.6. The maximum Gasteiger partial charge on any atom is 0.416 e. The van der Waals surface area contributed by atoms with Gasteiger partial charge >= 0.3 is 6.18 Å². The molecule has 2 aromatic carbocycles. The van der Waals surface area contributed by atoms with Crippen LogP contribution in [0.4, 0.5) is 24.5 Å². The van der Waals surface area contributed by atoms with E-state index in [2.05, 4.69) is 5.32 Å². The highest BCUT2D eigenvalue weighted by Gasteiger charge is 2.30. The van der Waals surface area contributed by atoms with Gasteiger partial charge in [-0.05, 0) is 24.3 Å². The minimum Gasteiger partial charge on any atom is -0.495 e. The van der Waals surface area contributed by atoms with Crippen molar-refractivity contribution in [3.8, 4) is 5.75 Å². The van der Waals surface area contributed by atoms with Crippen LogP contribution in [0.5, 0.6) is 5.75 Å². The van der Waals surface area contributed by atoms with Crippen LogP contribution < -0.4 is 15.8 Å². The molecule has 0 heterocycles. The molecule has 1 amide bonds. The molecule has 0 aliphatic heterocycles. The number of carbonyl (C=O) groups excluding carboxylic acids is 1. The fraction of sp³-hybridized carbons (Fsp3) is 0.133. The first-order valence-corrected chi connectivity index (χ1v) is 6.72. The first kappa shape index (κ1) is 17.0. The van der Waals surface area contributed by atoms with Crippen molar-refractivity contribution < 1.29 is 22.7 Å². The van der Waals surface area contributed by atoms with Crippen LogP contribution >= 0.6 is 11.6 Å². The second-order valence-electron chi connectivity index (χ2n) is 4.61. The minimum absolute atomic E-state index is 0.00437. The Morgan fingerprint density at radius 3 is 2.57 bits per heavy atom. The molecular weight excluding hydrogens is 333 g/mol. The number of hydrogen-bond donors (Lipinski definition) is 2. The van der Waals surface area contributed by atoms with Gasteiger partial charge in [0, 0.05) is 11.8 Å². The predicted molar refractivity (Wildman–Crippen MR) is 81.8 cm³/mol. The van der Waals surface area contributed by atoms with Gasteiger partial charge in [-0.3, -0.25) is 4.79 Å². The number of ether oxygens (including phenoxy) is 1. The number of rotatable bonds is 3. The van der Waals surface area contributed by atoms with Crippen molar-refractivity contribution in [3.63, 3.8) is 0 Å². The van der Waals surface area contributed by atoms with E-state index in [0.717, 1.165) is 12.1 Å². The lowest BCUT2D eigenvalue weighted by atomic mass is 10.1. The summed E-state index contributed by atoms with van der Waals surface area (Å²) in [7, 11) is 1.39. The Balaban J connectivity index is 2.28. The summed E-state index contributed by atoms with van der Waals surface area (Å²) >= 11 is 5.97. The number of nitrogens with one attached hydrogen (secondary N) is 1. The molecule has 0 fully saturated rings. The third-order valence-electron chi connectivity index (χ3n) is 3.01. The van der Waals surface area contributed by atoms with Gasteiger partial charge in [-0.2, -0.15) is 13.2 Å². The molecule has 2 rings (SSSR count). The van der Waals surface area contributed by atoms with E-state index in [1.54, 1.807) is 0 Å². The van der Waals surface area contributed by atoms with E-state index in [4.69, 9.17) is 22.1 Å². The Kier molecular flexibility index (Phi) is 4.70. The number of benzene rings is 2. The summed E-state index contributed by atoms with van der Waals surface area (Å²) in [5.41, 5.74) is 5.05. The molecule has 0 aliphatic carbocycles. The molecular formula is C15H12ClF3N2O2. The van der Waals surface area contributed by atoms with Gasteiger partial charge in [0.25, 0.3) is 5.91 Å². The van der Waals surface area contributed by atoms with Crippen LogP contribution in [0.3, 0.4) is 0 Å². The van der Waals surface area contributed by atoms with E-state index in [1.165, 1.54) is 31.4 Å². The number of alkyl halides is 3. The van der Waals surface area contributed by atoms with Crippen LogP contribution in [0.2, 0.25) is 5.02 Å².